The van der Waals surface area contributed by atoms with Gasteiger partial charge in [0.1, 0.15) is 5.76 Å². The normalized spacial score (nSPS) is 15.1. The number of carbonyl (C=O) groups is 1. The Balaban J connectivity index is 2.49. The molecule has 2 rings (SSSR count). The largest absolute Gasteiger partial charge is 0.426 e. The van der Waals surface area contributed by atoms with Crippen LogP contribution in [-0.4, -0.2) is 5.97 Å². The van der Waals surface area contributed by atoms with Crippen molar-refractivity contribution in [3.05, 3.63) is 40.5 Å². The van der Waals surface area contributed by atoms with E-state index >= 15 is 0 Å². The van der Waals surface area contributed by atoms with Crippen molar-refractivity contribution in [3.8, 4) is 0 Å². The summed E-state index contributed by atoms with van der Waals surface area (Å²) < 4.78 is 5.17. The summed E-state index contributed by atoms with van der Waals surface area (Å²) in [5.74, 6) is 0.555. The first kappa shape index (κ1) is 9.97. The number of ether oxygens (including phenoxy) is 1. The van der Waals surface area contributed by atoms with E-state index in [0.29, 0.717) is 6.42 Å². The second-order valence-electron chi connectivity index (χ2n) is 4.02. The predicted octanol–water partition coefficient (Wildman–Crippen LogP) is 2.90. The zero-order valence-electron chi connectivity index (χ0n) is 9.26. The molecule has 0 radical (unpaired) electrons. The van der Waals surface area contributed by atoms with E-state index in [9.17, 15) is 4.79 Å². The number of rotatable bonds is 1. The summed E-state index contributed by atoms with van der Waals surface area (Å²) in [4.78, 5) is 11.0. The molecular weight excluding hydrogens is 188 g/mol. The zero-order valence-corrected chi connectivity index (χ0v) is 9.26. The Morgan fingerprint density at radius 1 is 1.13 bits per heavy atom. The maximum absolute atomic E-state index is 11.0. The van der Waals surface area contributed by atoms with Crippen LogP contribution < -0.4 is 0 Å². The van der Waals surface area contributed by atoms with E-state index in [2.05, 4.69) is 19.1 Å². The minimum Gasteiger partial charge on any atom is -0.426 e. The molecule has 15 heavy (non-hydrogen) atoms. The molecule has 1 aromatic carbocycles. The Labute approximate surface area is 89.6 Å². The molecule has 1 aliphatic heterocycles. The van der Waals surface area contributed by atoms with Crippen molar-refractivity contribution in [3.63, 3.8) is 0 Å². The van der Waals surface area contributed by atoms with E-state index in [1.54, 1.807) is 0 Å². The lowest BCUT2D eigenvalue weighted by Crippen LogP contribution is -1.98. The Hall–Kier alpha value is -1.57. The maximum atomic E-state index is 11.0. The van der Waals surface area contributed by atoms with Gasteiger partial charge in [-0.05, 0) is 38.0 Å². The summed E-state index contributed by atoms with van der Waals surface area (Å²) in [5, 5.41) is 0. The van der Waals surface area contributed by atoms with Gasteiger partial charge < -0.3 is 4.74 Å². The third kappa shape index (κ3) is 1.80. The molecule has 0 aliphatic carbocycles. The van der Waals surface area contributed by atoms with Gasteiger partial charge in [-0.3, -0.25) is 4.79 Å². The molecule has 1 heterocycles. The first-order chi connectivity index (χ1) is 7.08. The van der Waals surface area contributed by atoms with Gasteiger partial charge in [0.2, 0.25) is 0 Å². The van der Waals surface area contributed by atoms with Crippen LogP contribution in [0.15, 0.2) is 18.2 Å². The summed E-state index contributed by atoms with van der Waals surface area (Å²) in [6.07, 6.45) is 2.25. The molecule has 0 bridgehead atoms. The summed E-state index contributed by atoms with van der Waals surface area (Å²) in [6.45, 7) is 6.16. The van der Waals surface area contributed by atoms with Crippen molar-refractivity contribution in [2.75, 3.05) is 0 Å². The first-order valence-corrected chi connectivity index (χ1v) is 5.07. The smallest absolute Gasteiger partial charge is 0.315 e. The molecule has 0 saturated carbocycles. The molecule has 0 spiro atoms. The number of carbonyl (C=O) groups excluding carboxylic acids is 1. The van der Waals surface area contributed by atoms with Gasteiger partial charge in [0.25, 0.3) is 0 Å². The second kappa shape index (κ2) is 3.54. The maximum Gasteiger partial charge on any atom is 0.315 e. The van der Waals surface area contributed by atoms with Crippen molar-refractivity contribution in [1.82, 2.24) is 0 Å². The Bertz CT molecular complexity index is 433. The number of hydrogen-bond donors (Lipinski definition) is 0. The number of esters is 1. The molecule has 1 aromatic rings. The fourth-order valence-corrected chi connectivity index (χ4v) is 2.10. The van der Waals surface area contributed by atoms with Crippen LogP contribution in [0.2, 0.25) is 0 Å². The van der Waals surface area contributed by atoms with E-state index in [0.717, 1.165) is 22.4 Å². The topological polar surface area (TPSA) is 26.3 Å². The van der Waals surface area contributed by atoms with E-state index < -0.39 is 0 Å². The van der Waals surface area contributed by atoms with Crippen molar-refractivity contribution < 1.29 is 9.53 Å². The van der Waals surface area contributed by atoms with E-state index in [1.807, 2.05) is 19.9 Å². The van der Waals surface area contributed by atoms with Crippen LogP contribution in [0.4, 0.5) is 0 Å². The Morgan fingerprint density at radius 3 is 2.20 bits per heavy atom. The third-order valence-electron chi connectivity index (χ3n) is 2.60. The average molecular weight is 202 g/mol. The van der Waals surface area contributed by atoms with E-state index in [4.69, 9.17) is 4.74 Å². The van der Waals surface area contributed by atoms with Gasteiger partial charge in [-0.25, -0.2) is 0 Å². The summed E-state index contributed by atoms with van der Waals surface area (Å²) in [6, 6.07) is 4.21. The summed E-state index contributed by atoms with van der Waals surface area (Å²) in [5.41, 5.74) is 4.62. The van der Waals surface area contributed by atoms with Gasteiger partial charge in [-0.15, -0.1) is 0 Å². The highest BCUT2D eigenvalue weighted by atomic mass is 16.5. The molecule has 0 saturated heterocycles. The third-order valence-corrected chi connectivity index (χ3v) is 2.60. The molecule has 0 amide bonds. The van der Waals surface area contributed by atoms with Crippen LogP contribution in [0.1, 0.15) is 28.7 Å². The molecule has 2 heteroatoms. The number of cyclic esters (lactones) is 1. The van der Waals surface area contributed by atoms with Crippen LogP contribution >= 0.6 is 0 Å². The van der Waals surface area contributed by atoms with Crippen LogP contribution in [0.3, 0.4) is 0 Å². The molecular formula is C13H14O2. The number of aryl methyl sites for hydroxylation is 3. The lowest BCUT2D eigenvalue weighted by atomic mass is 9.98. The Kier molecular flexibility index (Phi) is 2.35. The highest BCUT2D eigenvalue weighted by Crippen LogP contribution is 2.29. The van der Waals surface area contributed by atoms with E-state index in [1.165, 1.54) is 5.56 Å². The fraction of sp³-hybridized carbons (Fsp3) is 0.308. The highest BCUT2D eigenvalue weighted by molar-refractivity contribution is 5.86. The molecule has 0 atom stereocenters. The zero-order chi connectivity index (χ0) is 11.0. The molecule has 0 fully saturated rings. The molecule has 78 valence electrons. The predicted molar refractivity (Wildman–Crippen MR) is 59.3 cm³/mol. The van der Waals surface area contributed by atoms with E-state index in [-0.39, 0.29) is 5.97 Å². The van der Waals surface area contributed by atoms with Crippen LogP contribution in [0.5, 0.6) is 0 Å². The highest BCUT2D eigenvalue weighted by Gasteiger charge is 2.19. The van der Waals surface area contributed by atoms with Crippen LogP contribution in [-0.2, 0) is 9.53 Å². The van der Waals surface area contributed by atoms with Crippen molar-refractivity contribution >= 4 is 11.7 Å². The lowest BCUT2D eigenvalue weighted by molar-refractivity contribution is -0.134. The van der Waals surface area contributed by atoms with Crippen molar-refractivity contribution in [1.29, 1.82) is 0 Å². The minimum absolute atomic E-state index is 0.163. The number of hydrogen-bond acceptors (Lipinski definition) is 2. The Morgan fingerprint density at radius 2 is 1.73 bits per heavy atom. The molecule has 0 aromatic heterocycles. The van der Waals surface area contributed by atoms with Gasteiger partial charge in [0.05, 0.1) is 6.42 Å². The standard InChI is InChI=1S/C13H14O2/c1-8-6-9(2)13(10(3)7-8)11-4-5-12(14)15-11/h4,6-7H,5H2,1-3H3. The molecule has 0 unspecified atom stereocenters. The second-order valence-corrected chi connectivity index (χ2v) is 4.02. The monoisotopic (exact) mass is 202 g/mol. The first-order valence-electron chi connectivity index (χ1n) is 5.07. The minimum atomic E-state index is -0.163. The van der Waals surface area contributed by atoms with Crippen molar-refractivity contribution in [2.45, 2.75) is 27.2 Å². The quantitative estimate of drug-likeness (QED) is 0.654. The average Bonchev–Trinajstić information content (AvgIpc) is 2.49. The lowest BCUT2D eigenvalue weighted by Gasteiger charge is -2.11. The van der Waals surface area contributed by atoms with Gasteiger partial charge in [-0.1, -0.05) is 17.7 Å². The molecule has 0 N–H and O–H groups in total. The summed E-state index contributed by atoms with van der Waals surface area (Å²) in [7, 11) is 0. The van der Waals surface area contributed by atoms with Crippen molar-refractivity contribution in [2.24, 2.45) is 0 Å². The SMILES string of the molecule is Cc1cc(C)c(C2=CCC(=O)O2)c(C)c1. The summed E-state index contributed by atoms with van der Waals surface area (Å²) >= 11 is 0. The van der Waals surface area contributed by atoms with Gasteiger partial charge >= 0.3 is 5.97 Å². The van der Waals surface area contributed by atoms with Crippen LogP contribution in [0.25, 0.3) is 5.76 Å². The number of benzene rings is 1. The van der Waals surface area contributed by atoms with Crippen LogP contribution in [0, 0.1) is 20.8 Å². The van der Waals surface area contributed by atoms with Gasteiger partial charge in [0, 0.05) is 5.56 Å². The molecule has 1 aliphatic rings. The molecule has 2 nitrogen and oxygen atoms in total. The fourth-order valence-electron chi connectivity index (χ4n) is 2.10. The van der Waals surface area contributed by atoms with Gasteiger partial charge in [-0.2, -0.15) is 0 Å². The van der Waals surface area contributed by atoms with Gasteiger partial charge in [0.15, 0.2) is 0 Å².